The summed E-state index contributed by atoms with van der Waals surface area (Å²) >= 11 is 1.53. The van der Waals surface area contributed by atoms with Gasteiger partial charge < -0.3 is 14.6 Å². The summed E-state index contributed by atoms with van der Waals surface area (Å²) in [7, 11) is 0. The van der Waals surface area contributed by atoms with Gasteiger partial charge in [-0.3, -0.25) is 0 Å². The van der Waals surface area contributed by atoms with Crippen LogP contribution in [0.3, 0.4) is 0 Å². The maximum atomic E-state index is 10.5. The number of hydrogen-bond donors (Lipinski definition) is 2. The highest BCUT2D eigenvalue weighted by Crippen LogP contribution is 2.21. The van der Waals surface area contributed by atoms with Crippen molar-refractivity contribution in [2.24, 2.45) is 0 Å². The van der Waals surface area contributed by atoms with Gasteiger partial charge >= 0.3 is 5.97 Å². The molecule has 0 saturated carbocycles. The molecule has 2 atom stereocenters. The van der Waals surface area contributed by atoms with Crippen molar-refractivity contribution < 1.29 is 19.4 Å². The Labute approximate surface area is 92.3 Å². The Morgan fingerprint density at radius 2 is 2.20 bits per heavy atom. The molecule has 2 N–H and O–H groups in total. The van der Waals surface area contributed by atoms with Gasteiger partial charge in [0.1, 0.15) is 5.76 Å². The fourth-order valence-electron chi connectivity index (χ4n) is 0.923. The second-order valence-corrected chi connectivity index (χ2v) is 4.69. The van der Waals surface area contributed by atoms with E-state index in [0.717, 1.165) is 0 Å². The topological polar surface area (TPSA) is 70.7 Å². The van der Waals surface area contributed by atoms with Gasteiger partial charge in [-0.15, -0.1) is 11.8 Å². The minimum atomic E-state index is -1.06. The first-order valence-corrected chi connectivity index (χ1v) is 5.67. The molecule has 84 valence electrons. The zero-order valence-electron chi connectivity index (χ0n) is 8.64. The van der Waals surface area contributed by atoms with Crippen LogP contribution in [0.4, 0.5) is 0 Å². The SMILES string of the molecule is CC(O)C(C)SCc1ccc(C(=O)O)o1. The smallest absolute Gasteiger partial charge is 0.371 e. The average molecular weight is 230 g/mol. The standard InChI is InChI=1S/C10H14O4S/c1-6(11)7(2)15-5-8-3-4-9(14-8)10(12)13/h3-4,6-7,11H,5H2,1-2H3,(H,12,13). The van der Waals surface area contributed by atoms with E-state index in [1.54, 1.807) is 13.0 Å². The van der Waals surface area contributed by atoms with Crippen molar-refractivity contribution >= 4 is 17.7 Å². The Hall–Kier alpha value is -0.940. The summed E-state index contributed by atoms with van der Waals surface area (Å²) in [6.45, 7) is 3.64. The molecule has 0 radical (unpaired) electrons. The van der Waals surface area contributed by atoms with Crippen LogP contribution in [0, 0.1) is 0 Å². The molecule has 4 nitrogen and oxygen atoms in total. The molecule has 1 aromatic rings. The highest BCUT2D eigenvalue weighted by atomic mass is 32.2. The van der Waals surface area contributed by atoms with Crippen LogP contribution < -0.4 is 0 Å². The summed E-state index contributed by atoms with van der Waals surface area (Å²) in [5.74, 6) is 0.0781. The predicted octanol–water partition coefficient (Wildman–Crippen LogP) is 1.98. The van der Waals surface area contributed by atoms with E-state index in [1.165, 1.54) is 17.8 Å². The number of aliphatic hydroxyl groups excluding tert-OH is 1. The maximum absolute atomic E-state index is 10.5. The first-order valence-electron chi connectivity index (χ1n) is 4.62. The van der Waals surface area contributed by atoms with Crippen molar-refractivity contribution in [2.45, 2.75) is 31.0 Å². The van der Waals surface area contributed by atoms with Crippen LogP contribution in [-0.4, -0.2) is 27.5 Å². The molecule has 1 rings (SSSR count). The number of aliphatic hydroxyl groups is 1. The molecular formula is C10H14O4S. The van der Waals surface area contributed by atoms with Crippen LogP contribution >= 0.6 is 11.8 Å². The third kappa shape index (κ3) is 3.60. The monoisotopic (exact) mass is 230 g/mol. The summed E-state index contributed by atoms with van der Waals surface area (Å²) in [6.07, 6.45) is -0.385. The molecule has 0 saturated heterocycles. The fourth-order valence-corrected chi connectivity index (χ4v) is 1.78. The number of hydrogen-bond acceptors (Lipinski definition) is 4. The molecule has 0 spiro atoms. The van der Waals surface area contributed by atoms with Gasteiger partial charge in [-0.2, -0.15) is 0 Å². The fraction of sp³-hybridized carbons (Fsp3) is 0.500. The molecule has 1 heterocycles. The van der Waals surface area contributed by atoms with Crippen molar-refractivity contribution in [1.29, 1.82) is 0 Å². The van der Waals surface area contributed by atoms with Gasteiger partial charge in [-0.25, -0.2) is 4.79 Å². The van der Waals surface area contributed by atoms with Gasteiger partial charge in [0.25, 0.3) is 0 Å². The quantitative estimate of drug-likeness (QED) is 0.809. The third-order valence-corrected chi connectivity index (χ3v) is 3.41. The molecule has 0 aliphatic heterocycles. The van der Waals surface area contributed by atoms with Gasteiger partial charge in [0.15, 0.2) is 0 Å². The second kappa shape index (κ2) is 5.23. The maximum Gasteiger partial charge on any atom is 0.371 e. The van der Waals surface area contributed by atoms with E-state index in [9.17, 15) is 9.90 Å². The van der Waals surface area contributed by atoms with Crippen molar-refractivity contribution in [3.05, 3.63) is 23.7 Å². The molecule has 0 aromatic carbocycles. The lowest BCUT2D eigenvalue weighted by Gasteiger charge is -2.12. The van der Waals surface area contributed by atoms with Crippen LogP contribution in [0.1, 0.15) is 30.2 Å². The van der Waals surface area contributed by atoms with Crippen LogP contribution in [0.2, 0.25) is 0 Å². The lowest BCUT2D eigenvalue weighted by atomic mass is 10.3. The first-order chi connectivity index (χ1) is 7.00. The highest BCUT2D eigenvalue weighted by molar-refractivity contribution is 7.99. The Morgan fingerprint density at radius 3 is 2.67 bits per heavy atom. The van der Waals surface area contributed by atoms with E-state index in [-0.39, 0.29) is 17.1 Å². The summed E-state index contributed by atoms with van der Waals surface area (Å²) in [4.78, 5) is 10.5. The van der Waals surface area contributed by atoms with Crippen molar-refractivity contribution in [2.75, 3.05) is 0 Å². The number of furan rings is 1. The van der Waals surface area contributed by atoms with E-state index in [0.29, 0.717) is 11.5 Å². The van der Waals surface area contributed by atoms with E-state index < -0.39 is 5.97 Å². The summed E-state index contributed by atoms with van der Waals surface area (Å²) < 4.78 is 5.07. The first kappa shape index (κ1) is 12.1. The summed E-state index contributed by atoms with van der Waals surface area (Å²) in [5.41, 5.74) is 0. The van der Waals surface area contributed by atoms with Gasteiger partial charge in [-0.05, 0) is 19.1 Å². The predicted molar refractivity (Wildman–Crippen MR) is 58.1 cm³/mol. The van der Waals surface area contributed by atoms with E-state index >= 15 is 0 Å². The minimum absolute atomic E-state index is 0.0460. The number of carbonyl (C=O) groups is 1. The molecule has 5 heteroatoms. The van der Waals surface area contributed by atoms with Crippen LogP contribution in [0.25, 0.3) is 0 Å². The molecule has 0 aliphatic carbocycles. The Morgan fingerprint density at radius 1 is 1.53 bits per heavy atom. The van der Waals surface area contributed by atoms with Gasteiger partial charge in [0.05, 0.1) is 11.9 Å². The molecule has 1 aromatic heterocycles. The zero-order chi connectivity index (χ0) is 11.4. The largest absolute Gasteiger partial charge is 0.475 e. The Kier molecular flexibility index (Phi) is 4.23. The van der Waals surface area contributed by atoms with Crippen molar-refractivity contribution in [3.63, 3.8) is 0 Å². The molecule has 0 aliphatic rings. The number of aromatic carboxylic acids is 1. The van der Waals surface area contributed by atoms with E-state index in [4.69, 9.17) is 9.52 Å². The zero-order valence-corrected chi connectivity index (χ0v) is 9.45. The second-order valence-electron chi connectivity index (χ2n) is 3.33. The average Bonchev–Trinajstić information content (AvgIpc) is 2.62. The van der Waals surface area contributed by atoms with Gasteiger partial charge in [-0.1, -0.05) is 6.92 Å². The van der Waals surface area contributed by atoms with Gasteiger partial charge in [0, 0.05) is 5.25 Å². The lowest BCUT2D eigenvalue weighted by molar-refractivity contribution is 0.0661. The number of carboxylic acids is 1. The van der Waals surface area contributed by atoms with Crippen LogP contribution in [0.5, 0.6) is 0 Å². The third-order valence-electron chi connectivity index (χ3n) is 2.04. The molecule has 0 amide bonds. The van der Waals surface area contributed by atoms with Crippen LogP contribution in [0.15, 0.2) is 16.5 Å². The lowest BCUT2D eigenvalue weighted by Crippen LogP contribution is -2.15. The summed E-state index contributed by atoms with van der Waals surface area (Å²) in [5, 5.41) is 18.0. The molecule has 0 bridgehead atoms. The normalized spacial score (nSPS) is 14.9. The highest BCUT2D eigenvalue weighted by Gasteiger charge is 2.12. The summed E-state index contributed by atoms with van der Waals surface area (Å²) in [6, 6.07) is 3.08. The molecule has 0 fully saturated rings. The molecular weight excluding hydrogens is 216 g/mol. The molecule has 15 heavy (non-hydrogen) atoms. The van der Waals surface area contributed by atoms with Crippen molar-refractivity contribution in [3.8, 4) is 0 Å². The number of carboxylic acid groups (broad SMARTS) is 1. The Balaban J connectivity index is 2.48. The number of thioether (sulfide) groups is 1. The van der Waals surface area contributed by atoms with Crippen LogP contribution in [-0.2, 0) is 5.75 Å². The molecule has 2 unspecified atom stereocenters. The van der Waals surface area contributed by atoms with Crippen molar-refractivity contribution in [1.82, 2.24) is 0 Å². The van der Waals surface area contributed by atoms with E-state index in [1.807, 2.05) is 6.92 Å². The van der Waals surface area contributed by atoms with Gasteiger partial charge in [0.2, 0.25) is 5.76 Å². The minimum Gasteiger partial charge on any atom is -0.475 e. The van der Waals surface area contributed by atoms with E-state index in [2.05, 4.69) is 0 Å². The number of rotatable bonds is 5. The Bertz CT molecular complexity index is 332.